The molecule has 3 aromatic rings. The maximum absolute atomic E-state index is 13.8. The summed E-state index contributed by atoms with van der Waals surface area (Å²) in [6.45, 7) is 3.10. The Kier molecular flexibility index (Phi) is 8.10. The molecular weight excluding hydrogens is 408 g/mol. The van der Waals surface area contributed by atoms with E-state index in [1.165, 1.54) is 12.8 Å². The summed E-state index contributed by atoms with van der Waals surface area (Å²) < 4.78 is 6.32. The van der Waals surface area contributed by atoms with Crippen LogP contribution in [-0.4, -0.2) is 24.6 Å². The van der Waals surface area contributed by atoms with Gasteiger partial charge in [0.1, 0.15) is 11.9 Å². The number of rotatable bonds is 6. The molecule has 0 aliphatic carbocycles. The summed E-state index contributed by atoms with van der Waals surface area (Å²) >= 11 is 0. The highest BCUT2D eigenvalue weighted by Gasteiger charge is 2.26. The average Bonchev–Trinajstić information content (AvgIpc) is 2.81. The highest BCUT2D eigenvalue weighted by molar-refractivity contribution is 6.12. The van der Waals surface area contributed by atoms with Crippen molar-refractivity contribution in [3.8, 4) is 5.75 Å². The Labute approximate surface area is 190 Å². The molecule has 0 bridgehead atoms. The van der Waals surface area contributed by atoms with Crippen LogP contribution in [0.1, 0.15) is 36.5 Å². The highest BCUT2D eigenvalue weighted by atomic mass is 35.5. The first kappa shape index (κ1) is 22.9. The summed E-state index contributed by atoms with van der Waals surface area (Å²) in [4.78, 5) is 15.5. The average molecular weight is 437 g/mol. The molecule has 0 saturated carbocycles. The first-order valence-corrected chi connectivity index (χ1v) is 10.7. The van der Waals surface area contributed by atoms with Crippen LogP contribution in [0.4, 0.5) is 11.4 Å². The number of ether oxygens (including phenoxy) is 1. The molecule has 1 N–H and O–H groups in total. The number of carbonyl (C=O) groups excluding carboxylic acids is 1. The van der Waals surface area contributed by atoms with Gasteiger partial charge in [0.2, 0.25) is 0 Å². The number of nitrogens with one attached hydrogen (secondary N) is 1. The van der Waals surface area contributed by atoms with Crippen LogP contribution in [0.15, 0.2) is 84.9 Å². The summed E-state index contributed by atoms with van der Waals surface area (Å²) in [5, 5.41) is 3.54. The van der Waals surface area contributed by atoms with Crippen LogP contribution in [0.3, 0.4) is 0 Å². The van der Waals surface area contributed by atoms with E-state index in [-0.39, 0.29) is 24.4 Å². The first-order chi connectivity index (χ1) is 14.7. The number of hydrogen-bond acceptors (Lipinski definition) is 3. The van der Waals surface area contributed by atoms with Crippen molar-refractivity contribution in [2.75, 3.05) is 11.4 Å². The minimum Gasteiger partial charge on any atom is -0.488 e. The Morgan fingerprint density at radius 1 is 0.903 bits per heavy atom. The molecule has 0 spiro atoms. The molecule has 162 valence electrons. The molecule has 1 amide bonds. The first-order valence-electron chi connectivity index (χ1n) is 10.7. The zero-order valence-electron chi connectivity index (χ0n) is 17.7. The van der Waals surface area contributed by atoms with Crippen molar-refractivity contribution in [1.29, 1.82) is 0 Å². The molecule has 0 aromatic heterocycles. The third-order valence-electron chi connectivity index (χ3n) is 5.58. The summed E-state index contributed by atoms with van der Waals surface area (Å²) in [5.41, 5.74) is 2.21. The second-order valence-corrected chi connectivity index (χ2v) is 7.69. The van der Waals surface area contributed by atoms with E-state index in [2.05, 4.69) is 12.2 Å². The van der Waals surface area contributed by atoms with Crippen molar-refractivity contribution in [1.82, 2.24) is 5.32 Å². The molecule has 1 saturated heterocycles. The number of piperidine rings is 1. The van der Waals surface area contributed by atoms with Gasteiger partial charge >= 0.3 is 0 Å². The molecule has 1 heterocycles. The topological polar surface area (TPSA) is 41.6 Å². The van der Waals surface area contributed by atoms with Gasteiger partial charge < -0.3 is 10.1 Å². The van der Waals surface area contributed by atoms with Crippen LogP contribution >= 0.6 is 12.4 Å². The SMILES string of the molecule is CC(Oc1ccccc1C(=O)N(c1ccccc1)c1ccccc1)C1CCCCN1.Cl. The van der Waals surface area contributed by atoms with Crippen LogP contribution in [0, 0.1) is 0 Å². The van der Waals surface area contributed by atoms with Crippen molar-refractivity contribution < 1.29 is 9.53 Å². The summed E-state index contributed by atoms with van der Waals surface area (Å²) in [6.07, 6.45) is 3.50. The number of hydrogen-bond donors (Lipinski definition) is 1. The van der Waals surface area contributed by atoms with Gasteiger partial charge in [-0.1, -0.05) is 55.0 Å². The standard InChI is InChI=1S/C26H28N2O2.ClH/c1-20(24-17-10-11-19-27-24)30-25-18-9-8-16-23(25)26(29)28(21-12-4-2-5-13-21)22-14-6-3-7-15-22;/h2-9,12-16,18,20,24,27H,10-11,17,19H2,1H3;1H. The van der Waals surface area contributed by atoms with Crippen LogP contribution < -0.4 is 15.0 Å². The van der Waals surface area contributed by atoms with Gasteiger partial charge in [-0.2, -0.15) is 0 Å². The molecule has 0 radical (unpaired) electrons. The molecule has 1 aliphatic rings. The second kappa shape index (κ2) is 11.0. The molecule has 3 aromatic carbocycles. The van der Waals surface area contributed by atoms with Gasteiger partial charge in [-0.25, -0.2) is 0 Å². The largest absolute Gasteiger partial charge is 0.488 e. The van der Waals surface area contributed by atoms with Gasteiger partial charge in [0.15, 0.2) is 0 Å². The minimum atomic E-state index is -0.105. The van der Waals surface area contributed by atoms with Gasteiger partial charge in [-0.3, -0.25) is 9.69 Å². The normalized spacial score (nSPS) is 16.6. The van der Waals surface area contributed by atoms with Crippen molar-refractivity contribution in [3.63, 3.8) is 0 Å². The maximum atomic E-state index is 13.8. The summed E-state index contributed by atoms with van der Waals surface area (Å²) in [6, 6.07) is 27.3. The third-order valence-corrected chi connectivity index (χ3v) is 5.58. The van der Waals surface area contributed by atoms with Crippen molar-refractivity contribution >= 4 is 29.7 Å². The quantitative estimate of drug-likeness (QED) is 0.515. The fraction of sp³-hybridized carbons (Fsp3) is 0.269. The molecule has 2 atom stereocenters. The molecule has 4 rings (SSSR count). The van der Waals surface area contributed by atoms with Crippen LogP contribution in [0.25, 0.3) is 0 Å². The Balaban J connectivity index is 0.00000272. The van der Waals surface area contributed by atoms with Crippen LogP contribution in [0.2, 0.25) is 0 Å². The van der Waals surface area contributed by atoms with E-state index in [1.807, 2.05) is 84.9 Å². The van der Waals surface area contributed by atoms with E-state index >= 15 is 0 Å². The molecule has 1 aliphatic heterocycles. The minimum absolute atomic E-state index is 0. The number of anilines is 2. The van der Waals surface area contributed by atoms with E-state index in [0.717, 1.165) is 24.3 Å². The van der Waals surface area contributed by atoms with Crippen LogP contribution in [0.5, 0.6) is 5.75 Å². The fourth-order valence-electron chi connectivity index (χ4n) is 3.97. The lowest BCUT2D eigenvalue weighted by Gasteiger charge is -2.30. The predicted molar refractivity (Wildman–Crippen MR) is 129 cm³/mol. The van der Waals surface area contributed by atoms with Crippen molar-refractivity contribution in [2.24, 2.45) is 0 Å². The number of benzene rings is 3. The van der Waals surface area contributed by atoms with Gasteiger partial charge in [-0.05, 0) is 62.7 Å². The molecule has 31 heavy (non-hydrogen) atoms. The lowest BCUT2D eigenvalue weighted by atomic mass is 10.0. The number of carbonyl (C=O) groups is 1. The molecular formula is C26H29ClN2O2. The molecule has 2 unspecified atom stereocenters. The van der Waals surface area contributed by atoms with Gasteiger partial charge in [0, 0.05) is 17.4 Å². The van der Waals surface area contributed by atoms with E-state index in [4.69, 9.17) is 4.74 Å². The van der Waals surface area contributed by atoms with E-state index in [0.29, 0.717) is 17.4 Å². The molecule has 1 fully saturated rings. The predicted octanol–water partition coefficient (Wildman–Crippen LogP) is 6.00. The highest BCUT2D eigenvalue weighted by Crippen LogP contribution is 2.31. The van der Waals surface area contributed by atoms with Crippen LogP contribution in [-0.2, 0) is 0 Å². The summed E-state index contributed by atoms with van der Waals surface area (Å²) in [5.74, 6) is 0.519. The number of halogens is 1. The lowest BCUT2D eigenvalue weighted by molar-refractivity contribution is 0.0987. The second-order valence-electron chi connectivity index (χ2n) is 7.69. The smallest absolute Gasteiger partial charge is 0.266 e. The Bertz CT molecular complexity index is 920. The van der Waals surface area contributed by atoms with E-state index in [9.17, 15) is 4.79 Å². The summed E-state index contributed by atoms with van der Waals surface area (Å²) in [7, 11) is 0. The van der Waals surface area contributed by atoms with Gasteiger partial charge in [0.25, 0.3) is 5.91 Å². The third kappa shape index (κ3) is 5.46. The molecule has 5 heteroatoms. The van der Waals surface area contributed by atoms with Crippen molar-refractivity contribution in [3.05, 3.63) is 90.5 Å². The number of nitrogens with zero attached hydrogens (tertiary/aromatic N) is 1. The van der Waals surface area contributed by atoms with Crippen molar-refractivity contribution in [2.45, 2.75) is 38.3 Å². The number of para-hydroxylation sites is 3. The van der Waals surface area contributed by atoms with Gasteiger partial charge in [0.05, 0.1) is 5.56 Å². The van der Waals surface area contributed by atoms with Gasteiger partial charge in [-0.15, -0.1) is 12.4 Å². The Morgan fingerprint density at radius 2 is 1.48 bits per heavy atom. The maximum Gasteiger partial charge on any atom is 0.266 e. The van der Waals surface area contributed by atoms with E-state index in [1.54, 1.807) is 4.90 Å². The monoisotopic (exact) mass is 436 g/mol. The zero-order valence-corrected chi connectivity index (χ0v) is 18.6. The zero-order chi connectivity index (χ0) is 20.8. The fourth-order valence-corrected chi connectivity index (χ4v) is 3.97. The number of amides is 1. The lowest BCUT2D eigenvalue weighted by Crippen LogP contribution is -2.44. The molecule has 4 nitrogen and oxygen atoms in total. The Hall–Kier alpha value is -2.82. The van der Waals surface area contributed by atoms with E-state index < -0.39 is 0 Å². The Morgan fingerprint density at radius 3 is 2.06 bits per heavy atom.